The van der Waals surface area contributed by atoms with Crippen molar-refractivity contribution in [3.63, 3.8) is 0 Å². The third-order valence-electron chi connectivity index (χ3n) is 6.66. The van der Waals surface area contributed by atoms with Crippen LogP contribution in [0, 0.1) is 0 Å². The van der Waals surface area contributed by atoms with E-state index in [1.165, 1.54) is 26.2 Å². The summed E-state index contributed by atoms with van der Waals surface area (Å²) in [5.74, 6) is -0.685. The minimum atomic E-state index is -1.58. The van der Waals surface area contributed by atoms with Gasteiger partial charge in [0.25, 0.3) is 0 Å². The number of aromatic hydroxyl groups is 1. The van der Waals surface area contributed by atoms with E-state index >= 15 is 0 Å². The van der Waals surface area contributed by atoms with Gasteiger partial charge in [-0.05, 0) is 19.1 Å². The Labute approximate surface area is 210 Å². The number of aliphatic hydroxyl groups excluding tert-OH is 3. The number of hydrogen-bond donors (Lipinski definition) is 4. The molecular weight excluding hydrogens is 488 g/mol. The molecule has 5 rings (SSSR count). The third kappa shape index (κ3) is 4.34. The number of fused-ring (bicyclic) bond motifs is 4. The van der Waals surface area contributed by atoms with Crippen molar-refractivity contribution in [2.24, 2.45) is 0 Å². The van der Waals surface area contributed by atoms with E-state index in [1.807, 2.05) is 0 Å². The van der Waals surface area contributed by atoms with Crippen LogP contribution >= 0.6 is 0 Å². The van der Waals surface area contributed by atoms with Crippen molar-refractivity contribution in [3.05, 3.63) is 57.9 Å². The standard InChI is InChI=1S/C26H26O11/c1-11(28)7-13-12-5-3-4-6-16(12)34-23-14-8-15(29)18(9-17(14)35-25(32)20(13)23)36-26-22(31)21(30)24(33-2)19(10-27)37-26/h3-6,8-9,13,19,21-22,24,26-27,29-31H,7,10H2,1-2H3/t13?,19-,21-,22-,24-,26-/m1/s1. The summed E-state index contributed by atoms with van der Waals surface area (Å²) in [5.41, 5.74) is 0.139. The summed E-state index contributed by atoms with van der Waals surface area (Å²) in [6, 6.07) is 9.56. The number of Topliss-reactive ketones (excluding diaryl/α,β-unsaturated/α-hetero) is 1. The van der Waals surface area contributed by atoms with Crippen LogP contribution in [0.4, 0.5) is 0 Å². The highest BCUT2D eigenvalue weighted by Gasteiger charge is 2.46. The second kappa shape index (κ2) is 9.77. The van der Waals surface area contributed by atoms with Gasteiger partial charge in [-0.25, -0.2) is 4.79 Å². The lowest BCUT2D eigenvalue weighted by Crippen LogP contribution is -2.60. The first-order valence-corrected chi connectivity index (χ1v) is 11.6. The zero-order chi connectivity index (χ0) is 26.4. The number of carbonyl (C=O) groups is 1. The van der Waals surface area contributed by atoms with Crippen molar-refractivity contribution in [1.82, 2.24) is 0 Å². The number of para-hydroxylation sites is 1. The number of ketones is 1. The molecule has 0 amide bonds. The van der Waals surface area contributed by atoms with Crippen LogP contribution < -0.4 is 15.1 Å². The number of rotatable bonds is 6. The normalized spacial score (nSPS) is 26.7. The van der Waals surface area contributed by atoms with Crippen LogP contribution in [0.1, 0.15) is 30.4 Å². The number of benzene rings is 2. The monoisotopic (exact) mass is 514 g/mol. The van der Waals surface area contributed by atoms with E-state index in [0.29, 0.717) is 11.3 Å². The first kappa shape index (κ1) is 25.2. The summed E-state index contributed by atoms with van der Waals surface area (Å²) in [6.45, 7) is 0.915. The van der Waals surface area contributed by atoms with Crippen LogP contribution in [0.5, 0.6) is 23.0 Å². The number of phenols is 1. The molecule has 6 atom stereocenters. The van der Waals surface area contributed by atoms with Gasteiger partial charge in [-0.1, -0.05) is 18.2 Å². The molecule has 1 fully saturated rings. The Hall–Kier alpha value is -3.48. The minimum absolute atomic E-state index is 0.0110. The van der Waals surface area contributed by atoms with Gasteiger partial charge < -0.3 is 43.8 Å². The predicted octanol–water partition coefficient (Wildman–Crippen LogP) is 1.55. The fraction of sp³-hybridized carbons (Fsp3) is 0.385. The number of methoxy groups -OCH3 is 1. The van der Waals surface area contributed by atoms with Gasteiger partial charge in [0.1, 0.15) is 47.3 Å². The summed E-state index contributed by atoms with van der Waals surface area (Å²) < 4.78 is 27.8. The second-order valence-electron chi connectivity index (χ2n) is 9.07. The Morgan fingerprint density at radius 1 is 1.14 bits per heavy atom. The zero-order valence-corrected chi connectivity index (χ0v) is 20.0. The molecule has 0 saturated carbocycles. The van der Waals surface area contributed by atoms with E-state index in [-0.39, 0.29) is 40.2 Å². The van der Waals surface area contributed by atoms with E-state index in [9.17, 15) is 30.0 Å². The van der Waals surface area contributed by atoms with Gasteiger partial charge in [-0.3, -0.25) is 4.79 Å². The van der Waals surface area contributed by atoms with Gasteiger partial charge in [0.05, 0.1) is 17.6 Å². The van der Waals surface area contributed by atoms with Crippen LogP contribution in [0.3, 0.4) is 0 Å². The molecule has 2 aromatic carbocycles. The van der Waals surface area contributed by atoms with Crippen LogP contribution in [0.25, 0.3) is 11.0 Å². The van der Waals surface area contributed by atoms with Crippen molar-refractivity contribution >= 4 is 16.8 Å². The summed E-state index contributed by atoms with van der Waals surface area (Å²) >= 11 is 0. The first-order valence-electron chi connectivity index (χ1n) is 11.6. The van der Waals surface area contributed by atoms with E-state index in [0.717, 1.165) is 0 Å². The fourth-order valence-corrected chi connectivity index (χ4v) is 4.90. The SMILES string of the molecule is CO[C@H]1[C@H](O)[C@@H](O)[C@H](Oc2cc3oc(=O)c4c(c3cc2O)Oc2ccccc2C4CC(C)=O)O[C@@H]1CO. The fourth-order valence-electron chi connectivity index (χ4n) is 4.90. The molecule has 4 N–H and O–H groups in total. The van der Waals surface area contributed by atoms with E-state index in [2.05, 4.69) is 0 Å². The maximum absolute atomic E-state index is 13.1. The maximum atomic E-state index is 13.1. The average molecular weight is 514 g/mol. The molecule has 1 saturated heterocycles. The smallest absolute Gasteiger partial charge is 0.343 e. The molecule has 196 valence electrons. The van der Waals surface area contributed by atoms with Gasteiger partial charge in [0.2, 0.25) is 6.29 Å². The lowest BCUT2D eigenvalue weighted by atomic mass is 9.85. The number of hydrogen-bond acceptors (Lipinski definition) is 11. The molecular formula is C26H26O11. The van der Waals surface area contributed by atoms with Crippen molar-refractivity contribution in [3.8, 4) is 23.0 Å². The summed E-state index contributed by atoms with van der Waals surface area (Å²) in [5, 5.41) is 41.4. The Kier molecular flexibility index (Phi) is 6.65. The average Bonchev–Trinajstić information content (AvgIpc) is 2.87. The molecule has 11 nitrogen and oxygen atoms in total. The largest absolute Gasteiger partial charge is 0.504 e. The lowest BCUT2D eigenvalue weighted by molar-refractivity contribution is -0.282. The highest BCUT2D eigenvalue weighted by molar-refractivity contribution is 5.89. The quantitative estimate of drug-likeness (QED) is 0.353. The van der Waals surface area contributed by atoms with Gasteiger partial charge in [0.15, 0.2) is 11.5 Å². The van der Waals surface area contributed by atoms with Crippen LogP contribution in [-0.2, 0) is 14.3 Å². The predicted molar refractivity (Wildman–Crippen MR) is 127 cm³/mol. The molecule has 1 aromatic heterocycles. The Morgan fingerprint density at radius 2 is 1.89 bits per heavy atom. The second-order valence-corrected chi connectivity index (χ2v) is 9.07. The highest BCUT2D eigenvalue weighted by atomic mass is 16.7. The van der Waals surface area contributed by atoms with Crippen molar-refractivity contribution < 1.29 is 48.6 Å². The van der Waals surface area contributed by atoms with Crippen molar-refractivity contribution in [2.45, 2.75) is 50.0 Å². The van der Waals surface area contributed by atoms with Crippen molar-refractivity contribution in [1.29, 1.82) is 0 Å². The van der Waals surface area contributed by atoms with Crippen LogP contribution in [0.15, 0.2) is 45.6 Å². The first-order chi connectivity index (χ1) is 17.7. The topological polar surface area (TPSA) is 165 Å². The highest BCUT2D eigenvalue weighted by Crippen LogP contribution is 2.48. The van der Waals surface area contributed by atoms with Gasteiger partial charge in [-0.15, -0.1) is 0 Å². The van der Waals surface area contributed by atoms with E-state index < -0.39 is 54.6 Å². The molecule has 2 aliphatic rings. The molecule has 0 bridgehead atoms. The molecule has 11 heteroatoms. The number of ether oxygens (including phenoxy) is 4. The third-order valence-corrected chi connectivity index (χ3v) is 6.66. The maximum Gasteiger partial charge on any atom is 0.343 e. The molecule has 1 unspecified atom stereocenters. The van der Waals surface area contributed by atoms with Gasteiger partial charge >= 0.3 is 5.63 Å². The lowest BCUT2D eigenvalue weighted by Gasteiger charge is -2.41. The Morgan fingerprint density at radius 3 is 2.59 bits per heavy atom. The summed E-state index contributed by atoms with van der Waals surface area (Å²) in [7, 11) is 1.30. The van der Waals surface area contributed by atoms with Gasteiger partial charge in [-0.2, -0.15) is 0 Å². The minimum Gasteiger partial charge on any atom is -0.504 e. The molecule has 3 heterocycles. The van der Waals surface area contributed by atoms with Gasteiger partial charge in [0, 0.05) is 31.1 Å². The zero-order valence-electron chi connectivity index (χ0n) is 20.0. The van der Waals surface area contributed by atoms with Crippen molar-refractivity contribution in [2.75, 3.05) is 13.7 Å². The summed E-state index contributed by atoms with van der Waals surface area (Å²) in [6.07, 6.45) is -6.45. The molecule has 0 radical (unpaired) electrons. The molecule has 0 spiro atoms. The van der Waals surface area contributed by atoms with E-state index in [4.69, 9.17) is 23.4 Å². The number of phenolic OH excluding ortho intramolecular Hbond substituents is 1. The molecule has 2 aliphatic heterocycles. The number of carbonyl (C=O) groups excluding carboxylic acids is 1. The summed E-state index contributed by atoms with van der Waals surface area (Å²) in [4.78, 5) is 25.1. The van der Waals surface area contributed by atoms with E-state index in [1.54, 1.807) is 24.3 Å². The number of aliphatic hydroxyl groups is 3. The Bertz CT molecular complexity index is 1400. The molecule has 37 heavy (non-hydrogen) atoms. The van der Waals surface area contributed by atoms with Crippen LogP contribution in [0.2, 0.25) is 0 Å². The van der Waals surface area contributed by atoms with Crippen LogP contribution in [-0.4, -0.2) is 70.6 Å². The molecule has 3 aromatic rings. The molecule has 0 aliphatic carbocycles. The Balaban J connectivity index is 1.56.